The molecule has 0 unspecified atom stereocenters. The maximum Gasteiger partial charge on any atom is 0.358 e. The van der Waals surface area contributed by atoms with E-state index in [2.05, 4.69) is 10.3 Å². The molecule has 1 aromatic heterocycles. The third kappa shape index (κ3) is 2.87. The van der Waals surface area contributed by atoms with Gasteiger partial charge in [-0.15, -0.1) is 5.10 Å². The van der Waals surface area contributed by atoms with Gasteiger partial charge in [0.1, 0.15) is 12.2 Å². The van der Waals surface area contributed by atoms with Crippen molar-refractivity contribution in [3.63, 3.8) is 0 Å². The molecule has 0 saturated heterocycles. The molecule has 120 valence electrons. The first-order valence-corrected chi connectivity index (χ1v) is 6.41. The Kier molecular flexibility index (Phi) is 4.66. The minimum atomic E-state index is -1.25. The molecule has 1 heterocycles. The number of carboxylic acid groups (broad SMARTS) is 1. The maximum absolute atomic E-state index is 11.4. The number of nitriles is 1. The average molecular weight is 318 g/mol. The number of ether oxygens (including phenoxy) is 3. The number of hydrogen-bond acceptors (Lipinski definition) is 7. The van der Waals surface area contributed by atoms with E-state index < -0.39 is 5.97 Å². The SMILES string of the molecule is COc1cc(-c2c(C(=O)O)nnn2CC#N)cc(OC)c1OC. The maximum atomic E-state index is 11.4. The molecule has 0 fully saturated rings. The third-order valence-corrected chi connectivity index (χ3v) is 3.10. The summed E-state index contributed by atoms with van der Waals surface area (Å²) in [5.41, 5.74) is 0.338. The molecule has 0 bridgehead atoms. The van der Waals surface area contributed by atoms with Crippen LogP contribution in [0, 0.1) is 11.3 Å². The predicted octanol–water partition coefficient (Wildman–Crippen LogP) is 1.19. The van der Waals surface area contributed by atoms with Crippen LogP contribution in [0.15, 0.2) is 12.1 Å². The second-order valence-corrected chi connectivity index (χ2v) is 4.32. The number of nitrogens with zero attached hydrogens (tertiary/aromatic N) is 4. The summed E-state index contributed by atoms with van der Waals surface area (Å²) < 4.78 is 16.9. The van der Waals surface area contributed by atoms with Gasteiger partial charge in [0.25, 0.3) is 0 Å². The van der Waals surface area contributed by atoms with E-state index in [9.17, 15) is 9.90 Å². The number of hydrogen-bond donors (Lipinski definition) is 1. The van der Waals surface area contributed by atoms with Gasteiger partial charge in [-0.25, -0.2) is 9.48 Å². The van der Waals surface area contributed by atoms with Gasteiger partial charge >= 0.3 is 5.97 Å². The normalized spacial score (nSPS) is 10.0. The van der Waals surface area contributed by atoms with Crippen molar-refractivity contribution < 1.29 is 24.1 Å². The Balaban J connectivity index is 2.73. The van der Waals surface area contributed by atoms with Crippen LogP contribution in [-0.2, 0) is 6.54 Å². The van der Waals surface area contributed by atoms with Crippen molar-refractivity contribution in [1.82, 2.24) is 15.0 Å². The summed E-state index contributed by atoms with van der Waals surface area (Å²) in [7, 11) is 4.36. The first-order chi connectivity index (χ1) is 11.1. The number of aromatic carboxylic acids is 1. The van der Waals surface area contributed by atoms with Crippen molar-refractivity contribution in [2.24, 2.45) is 0 Å². The molecular formula is C14H14N4O5. The van der Waals surface area contributed by atoms with Gasteiger partial charge in [0.05, 0.1) is 27.4 Å². The predicted molar refractivity (Wildman–Crippen MR) is 77.7 cm³/mol. The first-order valence-electron chi connectivity index (χ1n) is 6.41. The second kappa shape index (κ2) is 6.65. The van der Waals surface area contributed by atoms with Crippen LogP contribution in [0.2, 0.25) is 0 Å². The van der Waals surface area contributed by atoms with E-state index in [-0.39, 0.29) is 17.9 Å². The molecule has 2 rings (SSSR count). The lowest BCUT2D eigenvalue weighted by atomic mass is 10.1. The van der Waals surface area contributed by atoms with Crippen LogP contribution >= 0.6 is 0 Å². The van der Waals surface area contributed by atoms with Crippen LogP contribution in [0.3, 0.4) is 0 Å². The van der Waals surface area contributed by atoms with Gasteiger partial charge in [-0.2, -0.15) is 5.26 Å². The second-order valence-electron chi connectivity index (χ2n) is 4.32. The highest BCUT2D eigenvalue weighted by molar-refractivity contribution is 5.93. The minimum absolute atomic E-state index is 0.147. The Morgan fingerprint density at radius 2 is 1.87 bits per heavy atom. The lowest BCUT2D eigenvalue weighted by Gasteiger charge is -2.14. The Morgan fingerprint density at radius 3 is 2.30 bits per heavy atom. The molecule has 1 aromatic carbocycles. The largest absolute Gasteiger partial charge is 0.493 e. The lowest BCUT2D eigenvalue weighted by molar-refractivity contribution is 0.0691. The summed E-state index contributed by atoms with van der Waals surface area (Å²) >= 11 is 0. The summed E-state index contributed by atoms with van der Waals surface area (Å²) in [6.45, 7) is -0.147. The summed E-state index contributed by atoms with van der Waals surface area (Å²) in [5, 5.41) is 25.5. The Labute approximate surface area is 131 Å². The summed E-state index contributed by atoms with van der Waals surface area (Å²) in [6.07, 6.45) is 0. The molecule has 9 heteroatoms. The molecule has 0 radical (unpaired) electrons. The van der Waals surface area contributed by atoms with Crippen molar-refractivity contribution in [3.8, 4) is 34.6 Å². The molecule has 23 heavy (non-hydrogen) atoms. The quantitative estimate of drug-likeness (QED) is 0.843. The smallest absolute Gasteiger partial charge is 0.358 e. The molecule has 2 aromatic rings. The fourth-order valence-electron chi connectivity index (χ4n) is 2.14. The van der Waals surface area contributed by atoms with Crippen LogP contribution in [0.25, 0.3) is 11.3 Å². The topological polar surface area (TPSA) is 119 Å². The van der Waals surface area contributed by atoms with Gasteiger partial charge in [-0.3, -0.25) is 0 Å². The van der Waals surface area contributed by atoms with Crippen molar-refractivity contribution in [1.29, 1.82) is 5.26 Å². The van der Waals surface area contributed by atoms with E-state index in [0.717, 1.165) is 0 Å². The fourth-order valence-corrected chi connectivity index (χ4v) is 2.14. The zero-order valence-electron chi connectivity index (χ0n) is 12.7. The lowest BCUT2D eigenvalue weighted by Crippen LogP contribution is -2.05. The standard InChI is InChI=1S/C14H14N4O5/c1-21-9-6-8(7-10(22-2)13(9)23-3)12-11(14(19)20)16-17-18(12)5-4-15/h6-7H,5H2,1-3H3,(H,19,20). The number of aromatic nitrogens is 3. The van der Waals surface area contributed by atoms with Gasteiger partial charge in [0.15, 0.2) is 17.2 Å². The number of benzene rings is 1. The van der Waals surface area contributed by atoms with E-state index >= 15 is 0 Å². The fraction of sp³-hybridized carbons (Fsp3) is 0.286. The molecule has 9 nitrogen and oxygen atoms in total. The van der Waals surface area contributed by atoms with E-state index in [0.29, 0.717) is 22.8 Å². The van der Waals surface area contributed by atoms with Gasteiger partial charge < -0.3 is 19.3 Å². The molecule has 0 aliphatic carbocycles. The highest BCUT2D eigenvalue weighted by atomic mass is 16.5. The van der Waals surface area contributed by atoms with Crippen molar-refractivity contribution in [2.75, 3.05) is 21.3 Å². The highest BCUT2D eigenvalue weighted by Crippen LogP contribution is 2.41. The molecule has 0 saturated carbocycles. The Bertz CT molecular complexity index is 753. The zero-order chi connectivity index (χ0) is 17.0. The summed E-state index contributed by atoms with van der Waals surface area (Å²) in [5.74, 6) is -0.182. The third-order valence-electron chi connectivity index (χ3n) is 3.10. The summed E-state index contributed by atoms with van der Waals surface area (Å²) in [6, 6.07) is 5.05. The van der Waals surface area contributed by atoms with Crippen LogP contribution in [0.4, 0.5) is 0 Å². The number of carbonyl (C=O) groups is 1. The first kappa shape index (κ1) is 16.1. The molecule has 1 N–H and O–H groups in total. The van der Waals surface area contributed by atoms with Crippen molar-refractivity contribution in [2.45, 2.75) is 6.54 Å². The van der Waals surface area contributed by atoms with E-state index in [4.69, 9.17) is 19.5 Å². The van der Waals surface area contributed by atoms with E-state index in [1.807, 2.05) is 6.07 Å². The minimum Gasteiger partial charge on any atom is -0.493 e. The van der Waals surface area contributed by atoms with Gasteiger partial charge in [0, 0.05) is 5.56 Å². The number of rotatable bonds is 6. The van der Waals surface area contributed by atoms with Crippen molar-refractivity contribution >= 4 is 5.97 Å². The van der Waals surface area contributed by atoms with Crippen LogP contribution in [0.1, 0.15) is 10.5 Å². The Morgan fingerprint density at radius 1 is 1.26 bits per heavy atom. The monoisotopic (exact) mass is 318 g/mol. The van der Waals surface area contributed by atoms with Crippen LogP contribution in [0.5, 0.6) is 17.2 Å². The average Bonchev–Trinajstić information content (AvgIpc) is 2.97. The van der Waals surface area contributed by atoms with Gasteiger partial charge in [0.2, 0.25) is 5.75 Å². The molecule has 0 amide bonds. The highest BCUT2D eigenvalue weighted by Gasteiger charge is 2.23. The van der Waals surface area contributed by atoms with Crippen molar-refractivity contribution in [3.05, 3.63) is 17.8 Å². The van der Waals surface area contributed by atoms with Crippen LogP contribution < -0.4 is 14.2 Å². The number of carboxylic acids is 1. The summed E-state index contributed by atoms with van der Waals surface area (Å²) in [4.78, 5) is 11.4. The Hall–Kier alpha value is -3.28. The molecule has 0 atom stereocenters. The van der Waals surface area contributed by atoms with Crippen LogP contribution in [-0.4, -0.2) is 47.4 Å². The molecular weight excluding hydrogens is 304 g/mol. The molecule has 0 aliphatic rings. The van der Waals surface area contributed by atoms with E-state index in [1.165, 1.54) is 26.0 Å². The van der Waals surface area contributed by atoms with E-state index in [1.54, 1.807) is 12.1 Å². The molecule has 0 aliphatic heterocycles. The molecule has 0 spiro atoms. The number of methoxy groups -OCH3 is 3. The van der Waals surface area contributed by atoms with Gasteiger partial charge in [-0.1, -0.05) is 5.21 Å². The zero-order valence-corrected chi connectivity index (χ0v) is 12.7. The van der Waals surface area contributed by atoms with Gasteiger partial charge in [-0.05, 0) is 12.1 Å².